The van der Waals surface area contributed by atoms with Crippen LogP contribution in [0.2, 0.25) is 0 Å². The van der Waals surface area contributed by atoms with Gasteiger partial charge in [0.05, 0.1) is 17.8 Å². The predicted molar refractivity (Wildman–Crippen MR) is 75.6 cm³/mol. The number of halogens is 1. The van der Waals surface area contributed by atoms with Crippen molar-refractivity contribution >= 4 is 15.9 Å². The van der Waals surface area contributed by atoms with Gasteiger partial charge in [0.15, 0.2) is 0 Å². The highest BCUT2D eigenvalue weighted by Gasteiger charge is 2.06. The van der Waals surface area contributed by atoms with Gasteiger partial charge < -0.3 is 14.8 Å². The van der Waals surface area contributed by atoms with E-state index in [1.165, 1.54) is 5.56 Å². The molecule has 0 aliphatic carbocycles. The smallest absolute Gasteiger partial charge is 0.325 e. The molecule has 0 unspecified atom stereocenters. The lowest BCUT2D eigenvalue weighted by Crippen LogP contribution is -2.04. The summed E-state index contributed by atoms with van der Waals surface area (Å²) in [6.07, 6.45) is 1.59. The molecule has 1 N–H and O–H groups in total. The fourth-order valence-corrected chi connectivity index (χ4v) is 1.87. The summed E-state index contributed by atoms with van der Waals surface area (Å²) in [6.45, 7) is 0.822. The minimum absolute atomic E-state index is 0.251. The van der Waals surface area contributed by atoms with Gasteiger partial charge in [-0.1, -0.05) is 12.1 Å². The zero-order valence-electron chi connectivity index (χ0n) is 10.7. The Bertz CT molecular complexity index is 546. The minimum atomic E-state index is 0.251. The van der Waals surface area contributed by atoms with Crippen LogP contribution in [0.1, 0.15) is 5.56 Å². The van der Waals surface area contributed by atoms with Gasteiger partial charge in [-0.3, -0.25) is 0 Å². The van der Waals surface area contributed by atoms with Crippen molar-refractivity contribution in [2.45, 2.75) is 6.54 Å². The van der Waals surface area contributed by atoms with Gasteiger partial charge >= 0.3 is 6.01 Å². The molecule has 1 aromatic carbocycles. The van der Waals surface area contributed by atoms with E-state index in [9.17, 15) is 0 Å². The molecule has 0 saturated carbocycles. The molecular weight excluding hydrogens is 310 g/mol. The highest BCUT2D eigenvalue weighted by atomic mass is 79.9. The molecule has 2 aromatic rings. The second-order valence-electron chi connectivity index (χ2n) is 3.79. The van der Waals surface area contributed by atoms with Crippen molar-refractivity contribution in [3.05, 3.63) is 40.5 Å². The van der Waals surface area contributed by atoms with Crippen molar-refractivity contribution < 1.29 is 9.47 Å². The van der Waals surface area contributed by atoms with Gasteiger partial charge in [-0.05, 0) is 40.7 Å². The van der Waals surface area contributed by atoms with E-state index >= 15 is 0 Å². The number of rotatable bonds is 5. The van der Waals surface area contributed by atoms with Crippen LogP contribution < -0.4 is 14.8 Å². The van der Waals surface area contributed by atoms with Crippen molar-refractivity contribution in [3.63, 3.8) is 0 Å². The molecule has 19 heavy (non-hydrogen) atoms. The Morgan fingerprint density at radius 3 is 2.63 bits per heavy atom. The Hall–Kier alpha value is -1.66. The number of hydrogen-bond acceptors (Lipinski definition) is 5. The first kappa shape index (κ1) is 13.8. The number of nitrogens with zero attached hydrogens (tertiary/aromatic N) is 2. The molecule has 1 heterocycles. The number of nitrogens with one attached hydrogen (secondary N) is 1. The van der Waals surface area contributed by atoms with E-state index in [0.717, 1.165) is 6.54 Å². The quantitative estimate of drug-likeness (QED) is 0.916. The third-order valence-corrected chi connectivity index (χ3v) is 2.94. The zero-order valence-corrected chi connectivity index (χ0v) is 12.3. The largest absolute Gasteiger partial charge is 0.480 e. The summed E-state index contributed by atoms with van der Waals surface area (Å²) in [5.41, 5.74) is 1.18. The van der Waals surface area contributed by atoms with E-state index in [4.69, 9.17) is 9.47 Å². The molecule has 0 saturated heterocycles. The summed E-state index contributed by atoms with van der Waals surface area (Å²) in [6, 6.07) is 7.99. The van der Waals surface area contributed by atoms with Crippen LogP contribution in [0.4, 0.5) is 0 Å². The van der Waals surface area contributed by atoms with Crippen molar-refractivity contribution in [2.75, 3.05) is 14.2 Å². The van der Waals surface area contributed by atoms with E-state index in [2.05, 4.69) is 31.2 Å². The van der Waals surface area contributed by atoms with Crippen LogP contribution in [-0.4, -0.2) is 24.1 Å². The molecular formula is C13H14BrN3O2. The van der Waals surface area contributed by atoms with Crippen LogP contribution in [0.25, 0.3) is 0 Å². The molecule has 0 spiro atoms. The monoisotopic (exact) mass is 323 g/mol. The summed E-state index contributed by atoms with van der Waals surface area (Å²) in [7, 11) is 3.45. The maximum absolute atomic E-state index is 5.57. The fraction of sp³-hybridized carbons (Fsp3) is 0.231. The summed E-state index contributed by atoms with van der Waals surface area (Å²) in [5, 5.41) is 3.09. The maximum atomic E-state index is 5.57. The van der Waals surface area contributed by atoms with Gasteiger partial charge in [0.1, 0.15) is 5.75 Å². The molecule has 0 aliphatic heterocycles. The fourth-order valence-electron chi connectivity index (χ4n) is 1.51. The van der Waals surface area contributed by atoms with Gasteiger partial charge in [-0.15, -0.1) is 0 Å². The molecule has 0 bridgehead atoms. The number of hydrogen-bond donors (Lipinski definition) is 1. The summed E-state index contributed by atoms with van der Waals surface area (Å²) in [4.78, 5) is 8.20. The average Bonchev–Trinajstić information content (AvgIpc) is 2.43. The third-order valence-electron chi connectivity index (χ3n) is 2.40. The molecule has 0 radical (unpaired) electrons. The van der Waals surface area contributed by atoms with Gasteiger partial charge in [0.2, 0.25) is 5.88 Å². The van der Waals surface area contributed by atoms with Crippen LogP contribution in [0.5, 0.6) is 17.6 Å². The summed E-state index contributed by atoms with van der Waals surface area (Å²) in [5.74, 6) is 1.13. The molecule has 100 valence electrons. The van der Waals surface area contributed by atoms with Crippen LogP contribution >= 0.6 is 15.9 Å². The van der Waals surface area contributed by atoms with E-state index in [-0.39, 0.29) is 6.01 Å². The topological polar surface area (TPSA) is 56.3 Å². The minimum Gasteiger partial charge on any atom is -0.480 e. The van der Waals surface area contributed by atoms with Crippen LogP contribution in [0, 0.1) is 0 Å². The Kier molecular flexibility index (Phi) is 4.70. The van der Waals surface area contributed by atoms with E-state index < -0.39 is 0 Å². The van der Waals surface area contributed by atoms with Crippen LogP contribution in [-0.2, 0) is 6.54 Å². The molecule has 6 heteroatoms. The van der Waals surface area contributed by atoms with Gasteiger partial charge in [0, 0.05) is 6.54 Å². The van der Waals surface area contributed by atoms with Crippen LogP contribution in [0.15, 0.2) is 34.9 Å². The lowest BCUT2D eigenvalue weighted by Gasteiger charge is -2.07. The molecule has 1 aromatic heterocycles. The lowest BCUT2D eigenvalue weighted by molar-refractivity contribution is 0.373. The van der Waals surface area contributed by atoms with Gasteiger partial charge in [-0.2, -0.15) is 4.98 Å². The number of ether oxygens (including phenoxy) is 2. The van der Waals surface area contributed by atoms with Crippen molar-refractivity contribution in [3.8, 4) is 17.6 Å². The summed E-state index contributed by atoms with van der Waals surface area (Å²) >= 11 is 3.29. The first-order valence-corrected chi connectivity index (χ1v) is 6.50. The molecule has 0 atom stereocenters. The lowest BCUT2D eigenvalue weighted by atomic mass is 10.2. The SMILES string of the molecule is CNCc1ccc(Oc2ncc(Br)c(OC)n2)cc1. The first-order chi connectivity index (χ1) is 9.22. The number of methoxy groups -OCH3 is 1. The summed E-state index contributed by atoms with van der Waals surface area (Å²) < 4.78 is 11.3. The average molecular weight is 324 g/mol. The predicted octanol–water partition coefficient (Wildman–Crippen LogP) is 2.76. The highest BCUT2D eigenvalue weighted by Crippen LogP contribution is 2.25. The van der Waals surface area contributed by atoms with Crippen LogP contribution in [0.3, 0.4) is 0 Å². The van der Waals surface area contributed by atoms with Gasteiger partial charge in [-0.25, -0.2) is 4.98 Å². The van der Waals surface area contributed by atoms with Gasteiger partial charge in [0.25, 0.3) is 0 Å². The Balaban J connectivity index is 2.12. The number of benzene rings is 1. The maximum Gasteiger partial charge on any atom is 0.325 e. The van der Waals surface area contributed by atoms with E-state index in [1.807, 2.05) is 31.3 Å². The second-order valence-corrected chi connectivity index (χ2v) is 4.64. The molecule has 0 fully saturated rings. The molecule has 2 rings (SSSR count). The van der Waals surface area contributed by atoms with Crippen molar-refractivity contribution in [2.24, 2.45) is 0 Å². The highest BCUT2D eigenvalue weighted by molar-refractivity contribution is 9.10. The molecule has 0 amide bonds. The van der Waals surface area contributed by atoms with Crippen molar-refractivity contribution in [1.82, 2.24) is 15.3 Å². The van der Waals surface area contributed by atoms with E-state index in [1.54, 1.807) is 13.3 Å². The second kappa shape index (κ2) is 6.49. The zero-order chi connectivity index (χ0) is 13.7. The normalized spacial score (nSPS) is 10.3. The van der Waals surface area contributed by atoms with Crippen molar-refractivity contribution in [1.29, 1.82) is 0 Å². The standard InChI is InChI=1S/C13H14BrN3O2/c1-15-7-9-3-5-10(6-4-9)19-13-16-8-11(14)12(17-13)18-2/h3-6,8,15H,7H2,1-2H3. The first-order valence-electron chi connectivity index (χ1n) is 5.71. The third kappa shape index (κ3) is 3.65. The Labute approximate surface area is 120 Å². The molecule has 5 nitrogen and oxygen atoms in total. The Morgan fingerprint density at radius 2 is 2.00 bits per heavy atom. The van der Waals surface area contributed by atoms with E-state index in [0.29, 0.717) is 16.1 Å². The molecule has 0 aliphatic rings. The Morgan fingerprint density at radius 1 is 1.26 bits per heavy atom. The number of aromatic nitrogens is 2.